The molecule has 3 nitrogen and oxygen atoms in total. The molecule has 0 atom stereocenters. The van der Waals surface area contributed by atoms with E-state index in [4.69, 9.17) is 0 Å². The number of likely N-dealkylation sites (tertiary alicyclic amines) is 1. The molecule has 1 N–H and O–H groups in total. The Morgan fingerprint density at radius 2 is 2.00 bits per heavy atom. The van der Waals surface area contributed by atoms with E-state index in [1.165, 1.54) is 31.6 Å². The van der Waals surface area contributed by atoms with Crippen LogP contribution in [0, 0.1) is 0 Å². The van der Waals surface area contributed by atoms with Crippen LogP contribution in [0.25, 0.3) is 0 Å². The molecule has 96 valence electrons. The van der Waals surface area contributed by atoms with Crippen LogP contribution < -0.4 is 0 Å². The van der Waals surface area contributed by atoms with Crippen molar-refractivity contribution >= 4 is 0 Å². The molecule has 0 bridgehead atoms. The Morgan fingerprint density at radius 3 is 2.47 bits per heavy atom. The summed E-state index contributed by atoms with van der Waals surface area (Å²) in [7, 11) is 0. The van der Waals surface area contributed by atoms with Gasteiger partial charge in [-0.3, -0.25) is 4.90 Å². The third kappa shape index (κ3) is 2.89. The van der Waals surface area contributed by atoms with Gasteiger partial charge in [0.2, 0.25) is 0 Å². The van der Waals surface area contributed by atoms with Crippen molar-refractivity contribution in [3.05, 3.63) is 17.7 Å². The van der Waals surface area contributed by atoms with E-state index in [0.717, 1.165) is 12.2 Å². The van der Waals surface area contributed by atoms with E-state index in [1.807, 2.05) is 6.20 Å². The minimum absolute atomic E-state index is 0.313. The van der Waals surface area contributed by atoms with Crippen LogP contribution in [0.2, 0.25) is 0 Å². The largest absolute Gasteiger partial charge is 0.346 e. The average Bonchev–Trinajstić information content (AvgIpc) is 2.76. The number of hydrogen-bond donors (Lipinski definition) is 1. The third-order valence-electron chi connectivity index (χ3n) is 3.87. The minimum atomic E-state index is 0.313. The van der Waals surface area contributed by atoms with Gasteiger partial charge in [0.05, 0.1) is 0 Å². The first kappa shape index (κ1) is 12.6. The fourth-order valence-electron chi connectivity index (χ4n) is 2.63. The van der Waals surface area contributed by atoms with Crippen molar-refractivity contribution in [3.63, 3.8) is 0 Å². The average molecular weight is 235 g/mol. The summed E-state index contributed by atoms with van der Waals surface area (Å²) >= 11 is 0. The molecule has 1 fully saturated rings. The van der Waals surface area contributed by atoms with Crippen molar-refractivity contribution in [1.82, 2.24) is 14.9 Å². The van der Waals surface area contributed by atoms with Gasteiger partial charge < -0.3 is 4.98 Å². The molecule has 1 aromatic rings. The highest BCUT2D eigenvalue weighted by Crippen LogP contribution is 2.29. The number of hydrogen-bond acceptors (Lipinski definition) is 2. The molecule has 2 rings (SSSR count). The second kappa shape index (κ2) is 4.81. The second-order valence-corrected chi connectivity index (χ2v) is 6.07. The molecule has 0 amide bonds. The number of nitrogens with zero attached hydrogens (tertiary/aromatic N) is 2. The predicted molar refractivity (Wildman–Crippen MR) is 71.3 cm³/mol. The van der Waals surface area contributed by atoms with E-state index < -0.39 is 0 Å². The number of rotatable bonds is 2. The van der Waals surface area contributed by atoms with Gasteiger partial charge >= 0.3 is 0 Å². The molecule has 17 heavy (non-hydrogen) atoms. The quantitative estimate of drug-likeness (QED) is 0.854. The van der Waals surface area contributed by atoms with E-state index in [1.54, 1.807) is 0 Å². The smallest absolute Gasteiger partial charge is 0.105 e. The predicted octanol–water partition coefficient (Wildman–Crippen LogP) is 2.95. The summed E-state index contributed by atoms with van der Waals surface area (Å²) < 4.78 is 0. The van der Waals surface area contributed by atoms with E-state index in [0.29, 0.717) is 11.5 Å². The van der Waals surface area contributed by atoms with E-state index in [-0.39, 0.29) is 0 Å². The lowest BCUT2D eigenvalue weighted by atomic mass is 9.91. The molecule has 0 aromatic carbocycles. The van der Waals surface area contributed by atoms with Gasteiger partial charge in [0.25, 0.3) is 0 Å². The molecule has 1 aliphatic rings. The zero-order valence-electron chi connectivity index (χ0n) is 11.6. The van der Waals surface area contributed by atoms with Gasteiger partial charge in [0, 0.05) is 29.8 Å². The molecular formula is C14H25N3. The van der Waals surface area contributed by atoms with E-state index in [2.05, 4.69) is 42.6 Å². The lowest BCUT2D eigenvalue weighted by Gasteiger charge is -2.40. The summed E-state index contributed by atoms with van der Waals surface area (Å²) in [5.41, 5.74) is 1.66. The SMILES string of the molecule is CCc1ncc(C2CCN(C(C)(C)C)CC2)[nH]1. The molecule has 3 heteroatoms. The number of H-pyrrole nitrogens is 1. The standard InChI is InChI=1S/C14H25N3/c1-5-13-15-10-12(16-13)11-6-8-17(9-7-11)14(2,3)4/h10-11H,5-9H2,1-4H3,(H,15,16). The lowest BCUT2D eigenvalue weighted by Crippen LogP contribution is -2.45. The fourth-order valence-corrected chi connectivity index (χ4v) is 2.63. The van der Waals surface area contributed by atoms with E-state index in [9.17, 15) is 0 Å². The Hall–Kier alpha value is -0.830. The van der Waals surface area contributed by atoms with Gasteiger partial charge in [-0.05, 0) is 46.7 Å². The molecule has 0 aliphatic carbocycles. The zero-order valence-corrected chi connectivity index (χ0v) is 11.6. The van der Waals surface area contributed by atoms with Crippen molar-refractivity contribution < 1.29 is 0 Å². The van der Waals surface area contributed by atoms with Crippen molar-refractivity contribution in [2.45, 2.75) is 58.4 Å². The highest BCUT2D eigenvalue weighted by atomic mass is 15.2. The molecule has 1 aromatic heterocycles. The number of nitrogens with one attached hydrogen (secondary N) is 1. The molecule has 0 spiro atoms. The molecular weight excluding hydrogens is 210 g/mol. The Labute approximate surface area is 105 Å². The number of aryl methyl sites for hydroxylation is 1. The minimum Gasteiger partial charge on any atom is -0.346 e. The number of imidazole rings is 1. The first-order chi connectivity index (χ1) is 8.00. The summed E-state index contributed by atoms with van der Waals surface area (Å²) in [5.74, 6) is 1.81. The highest BCUT2D eigenvalue weighted by molar-refractivity contribution is 5.09. The third-order valence-corrected chi connectivity index (χ3v) is 3.87. The lowest BCUT2D eigenvalue weighted by molar-refractivity contribution is 0.102. The van der Waals surface area contributed by atoms with Crippen LogP contribution in [0.3, 0.4) is 0 Å². The van der Waals surface area contributed by atoms with Crippen molar-refractivity contribution in [1.29, 1.82) is 0 Å². The molecule has 0 radical (unpaired) electrons. The molecule has 1 aliphatic heterocycles. The van der Waals surface area contributed by atoms with Crippen LogP contribution in [-0.2, 0) is 6.42 Å². The maximum absolute atomic E-state index is 4.41. The molecule has 0 unspecified atom stereocenters. The maximum Gasteiger partial charge on any atom is 0.105 e. The second-order valence-electron chi connectivity index (χ2n) is 6.07. The molecule has 2 heterocycles. The summed E-state index contributed by atoms with van der Waals surface area (Å²) in [5, 5.41) is 0. The van der Waals surface area contributed by atoms with Crippen LogP contribution >= 0.6 is 0 Å². The van der Waals surface area contributed by atoms with E-state index >= 15 is 0 Å². The number of aromatic nitrogens is 2. The van der Waals surface area contributed by atoms with Crippen LogP contribution in [0.5, 0.6) is 0 Å². The Balaban J connectivity index is 1.95. The summed E-state index contributed by atoms with van der Waals surface area (Å²) in [6.07, 6.45) is 5.54. The summed E-state index contributed by atoms with van der Waals surface area (Å²) in [6.45, 7) is 11.5. The normalized spacial score (nSPS) is 19.8. The molecule has 1 saturated heterocycles. The Kier molecular flexibility index (Phi) is 3.57. The monoisotopic (exact) mass is 235 g/mol. The zero-order chi connectivity index (χ0) is 12.5. The fraction of sp³-hybridized carbons (Fsp3) is 0.786. The van der Waals surface area contributed by atoms with Gasteiger partial charge in [0.1, 0.15) is 5.82 Å². The maximum atomic E-state index is 4.41. The number of aromatic amines is 1. The van der Waals surface area contributed by atoms with Crippen molar-refractivity contribution in [3.8, 4) is 0 Å². The Bertz CT molecular complexity index is 354. The summed E-state index contributed by atoms with van der Waals surface area (Å²) in [6, 6.07) is 0. The van der Waals surface area contributed by atoms with Gasteiger partial charge in [-0.2, -0.15) is 0 Å². The van der Waals surface area contributed by atoms with Crippen molar-refractivity contribution in [2.75, 3.05) is 13.1 Å². The Morgan fingerprint density at radius 1 is 1.35 bits per heavy atom. The van der Waals surface area contributed by atoms with Crippen LogP contribution in [-0.4, -0.2) is 33.5 Å². The first-order valence-corrected chi connectivity index (χ1v) is 6.79. The topological polar surface area (TPSA) is 31.9 Å². The summed E-state index contributed by atoms with van der Waals surface area (Å²) in [4.78, 5) is 10.4. The van der Waals surface area contributed by atoms with Gasteiger partial charge in [-0.15, -0.1) is 0 Å². The van der Waals surface area contributed by atoms with Gasteiger partial charge in [-0.1, -0.05) is 6.92 Å². The van der Waals surface area contributed by atoms with Crippen LogP contribution in [0.15, 0.2) is 6.20 Å². The van der Waals surface area contributed by atoms with Gasteiger partial charge in [-0.25, -0.2) is 4.98 Å². The van der Waals surface area contributed by atoms with Crippen molar-refractivity contribution in [2.24, 2.45) is 0 Å². The van der Waals surface area contributed by atoms with Crippen LogP contribution in [0.1, 0.15) is 58.0 Å². The first-order valence-electron chi connectivity index (χ1n) is 6.79. The van der Waals surface area contributed by atoms with Gasteiger partial charge in [0.15, 0.2) is 0 Å². The molecule has 0 saturated carbocycles. The number of piperidine rings is 1. The highest BCUT2D eigenvalue weighted by Gasteiger charge is 2.28. The van der Waals surface area contributed by atoms with Crippen LogP contribution in [0.4, 0.5) is 0 Å².